The van der Waals surface area contributed by atoms with Gasteiger partial charge in [-0.1, -0.05) is 0 Å². The molecular weight excluding hydrogens is 127 g/mol. The highest BCUT2D eigenvalue weighted by atomic mass is 31.2. The van der Waals surface area contributed by atoms with Crippen molar-refractivity contribution in [3.8, 4) is 0 Å². The Hall–Kier alpha value is 0.0200. The number of rotatable bonds is 4. The van der Waals surface area contributed by atoms with Gasteiger partial charge in [0.15, 0.2) is 8.38 Å². The van der Waals surface area contributed by atoms with Crippen LogP contribution in [-0.2, 0) is 4.79 Å². The van der Waals surface area contributed by atoms with Gasteiger partial charge in [-0.3, -0.25) is 0 Å². The molecule has 4 heteroatoms. The average Bonchev–Trinajstić information content (AvgIpc) is 1.66. The summed E-state index contributed by atoms with van der Waals surface area (Å²) >= 11 is 0. The number of unbranched alkanes of at least 4 members (excludes halogenated alkanes) is 1. The maximum atomic E-state index is 9.63. The summed E-state index contributed by atoms with van der Waals surface area (Å²) in [5.41, 5.74) is 0. The highest BCUT2D eigenvalue weighted by molar-refractivity contribution is 7.45. The quantitative estimate of drug-likeness (QED) is 0.331. The van der Waals surface area contributed by atoms with Gasteiger partial charge in [-0.15, -0.1) is 0 Å². The normalized spacial score (nSPS) is 9.88. The molecule has 0 aromatic rings. The van der Waals surface area contributed by atoms with Crippen molar-refractivity contribution in [2.45, 2.75) is 12.8 Å². The number of aldehydes is 1. The zero-order valence-electron chi connectivity index (χ0n) is 4.45. The molecule has 3 nitrogen and oxygen atoms in total. The molecule has 0 aliphatic heterocycles. The van der Waals surface area contributed by atoms with Crippen molar-refractivity contribution in [3.05, 3.63) is 0 Å². The van der Waals surface area contributed by atoms with Crippen molar-refractivity contribution in [2.24, 2.45) is 0 Å². The first-order valence-corrected chi connectivity index (χ1v) is 3.79. The molecule has 0 atom stereocenters. The highest BCUT2D eigenvalue weighted by Gasteiger charge is 1.95. The summed E-state index contributed by atoms with van der Waals surface area (Å²) in [7, 11) is -1.77. The number of carbonyl (C=O) groups excluding carboxylic acids is 1. The molecule has 0 radical (unpaired) electrons. The van der Waals surface area contributed by atoms with Gasteiger partial charge in [0, 0.05) is 12.6 Å². The van der Waals surface area contributed by atoms with E-state index in [9.17, 15) is 4.79 Å². The predicted octanol–water partition coefficient (Wildman–Crippen LogP) is 0.262. The van der Waals surface area contributed by atoms with Crippen LogP contribution in [0.1, 0.15) is 12.8 Å². The zero-order chi connectivity index (χ0) is 6.41. The molecule has 0 fully saturated rings. The first-order chi connectivity index (χ1) is 3.77. The number of hydrogen-bond donors (Lipinski definition) is 2. The number of carbonyl (C=O) groups is 1. The van der Waals surface area contributed by atoms with Crippen molar-refractivity contribution >= 4 is 14.7 Å². The van der Waals surface area contributed by atoms with Crippen LogP contribution in [0.3, 0.4) is 0 Å². The van der Waals surface area contributed by atoms with E-state index in [1.165, 1.54) is 0 Å². The molecular formula is C4H9O3P. The van der Waals surface area contributed by atoms with Gasteiger partial charge in [-0.2, -0.15) is 0 Å². The Bertz CT molecular complexity index is 64.3. The van der Waals surface area contributed by atoms with Gasteiger partial charge in [0.05, 0.1) is 0 Å². The maximum absolute atomic E-state index is 9.63. The molecule has 0 unspecified atom stereocenters. The molecule has 0 bridgehead atoms. The minimum Gasteiger partial charge on any atom is -0.350 e. The zero-order valence-corrected chi connectivity index (χ0v) is 5.34. The molecule has 0 amide bonds. The molecule has 48 valence electrons. The molecule has 0 spiro atoms. The molecule has 0 aliphatic carbocycles. The maximum Gasteiger partial charge on any atom is 0.164 e. The van der Waals surface area contributed by atoms with Crippen LogP contribution in [0.5, 0.6) is 0 Å². The summed E-state index contributed by atoms with van der Waals surface area (Å²) in [5, 5.41) is 0. The van der Waals surface area contributed by atoms with Crippen LogP contribution >= 0.6 is 8.38 Å². The monoisotopic (exact) mass is 136 g/mol. The lowest BCUT2D eigenvalue weighted by atomic mass is 10.4. The summed E-state index contributed by atoms with van der Waals surface area (Å²) < 4.78 is 0. The van der Waals surface area contributed by atoms with Gasteiger partial charge >= 0.3 is 0 Å². The number of hydrogen-bond acceptors (Lipinski definition) is 3. The van der Waals surface area contributed by atoms with E-state index in [1.54, 1.807) is 0 Å². The van der Waals surface area contributed by atoms with Gasteiger partial charge in [0.25, 0.3) is 0 Å². The van der Waals surface area contributed by atoms with Gasteiger partial charge in [0.1, 0.15) is 6.29 Å². The Kier molecular flexibility index (Phi) is 5.18. The molecule has 0 aliphatic rings. The SMILES string of the molecule is O=CCCCP(O)O. The minimum atomic E-state index is -1.77. The molecule has 0 aromatic heterocycles. The minimum absolute atomic E-state index is 0.355. The van der Waals surface area contributed by atoms with E-state index in [2.05, 4.69) is 0 Å². The third-order valence-electron chi connectivity index (χ3n) is 0.680. The highest BCUT2D eigenvalue weighted by Crippen LogP contribution is 2.23. The van der Waals surface area contributed by atoms with Crippen molar-refractivity contribution in [3.63, 3.8) is 0 Å². The van der Waals surface area contributed by atoms with E-state index in [0.29, 0.717) is 19.0 Å². The van der Waals surface area contributed by atoms with Crippen LogP contribution in [0, 0.1) is 0 Å². The molecule has 2 N–H and O–H groups in total. The largest absolute Gasteiger partial charge is 0.350 e. The smallest absolute Gasteiger partial charge is 0.164 e. The van der Waals surface area contributed by atoms with Gasteiger partial charge < -0.3 is 14.6 Å². The fourth-order valence-electron chi connectivity index (χ4n) is 0.316. The van der Waals surface area contributed by atoms with E-state index < -0.39 is 8.38 Å². The van der Waals surface area contributed by atoms with Crippen molar-refractivity contribution < 1.29 is 14.6 Å². The van der Waals surface area contributed by atoms with E-state index in [1.807, 2.05) is 0 Å². The predicted molar refractivity (Wildman–Crippen MR) is 31.5 cm³/mol. The van der Waals surface area contributed by atoms with Crippen molar-refractivity contribution in [1.82, 2.24) is 0 Å². The van der Waals surface area contributed by atoms with E-state index in [-0.39, 0.29) is 0 Å². The van der Waals surface area contributed by atoms with Crippen LogP contribution in [0.25, 0.3) is 0 Å². The first-order valence-electron chi connectivity index (χ1n) is 2.36. The summed E-state index contributed by atoms with van der Waals surface area (Å²) in [6, 6.07) is 0. The fraction of sp³-hybridized carbons (Fsp3) is 0.750. The molecule has 0 rings (SSSR count). The molecule has 0 aromatic carbocycles. The van der Waals surface area contributed by atoms with E-state index >= 15 is 0 Å². The van der Waals surface area contributed by atoms with E-state index in [0.717, 1.165) is 6.29 Å². The summed E-state index contributed by atoms with van der Waals surface area (Å²) in [4.78, 5) is 26.2. The molecule has 8 heavy (non-hydrogen) atoms. The average molecular weight is 136 g/mol. The second-order valence-corrected chi connectivity index (χ2v) is 2.60. The standard InChI is InChI=1S/C4H9O3P/c5-3-1-2-4-8(6)7/h3,6-7H,1-2,4H2. The van der Waals surface area contributed by atoms with Gasteiger partial charge in [0.2, 0.25) is 0 Å². The summed E-state index contributed by atoms with van der Waals surface area (Å²) in [6.45, 7) is 0. The van der Waals surface area contributed by atoms with Gasteiger partial charge in [-0.05, 0) is 6.42 Å². The van der Waals surface area contributed by atoms with Crippen LogP contribution in [0.15, 0.2) is 0 Å². The summed E-state index contributed by atoms with van der Waals surface area (Å²) in [5.74, 6) is 0. The van der Waals surface area contributed by atoms with Gasteiger partial charge in [-0.25, -0.2) is 0 Å². The van der Waals surface area contributed by atoms with Crippen LogP contribution < -0.4 is 0 Å². The van der Waals surface area contributed by atoms with Crippen LogP contribution in [0.2, 0.25) is 0 Å². The lowest BCUT2D eigenvalue weighted by molar-refractivity contribution is -0.107. The fourth-order valence-corrected chi connectivity index (χ4v) is 0.781. The topological polar surface area (TPSA) is 57.5 Å². The lowest BCUT2D eigenvalue weighted by Crippen LogP contribution is -1.82. The Morgan fingerprint density at radius 3 is 2.50 bits per heavy atom. The lowest BCUT2D eigenvalue weighted by Gasteiger charge is -1.96. The van der Waals surface area contributed by atoms with Crippen LogP contribution in [-0.4, -0.2) is 22.2 Å². The van der Waals surface area contributed by atoms with Crippen molar-refractivity contribution in [2.75, 3.05) is 6.16 Å². The molecule has 0 saturated heterocycles. The second-order valence-electron chi connectivity index (χ2n) is 1.40. The molecule has 0 heterocycles. The molecule has 0 saturated carbocycles. The Balaban J connectivity index is 2.81. The third kappa shape index (κ3) is 6.02. The third-order valence-corrected chi connectivity index (χ3v) is 1.40. The Morgan fingerprint density at radius 2 is 2.12 bits per heavy atom. The van der Waals surface area contributed by atoms with E-state index in [4.69, 9.17) is 9.79 Å². The van der Waals surface area contributed by atoms with Crippen LogP contribution in [0.4, 0.5) is 0 Å². The Morgan fingerprint density at radius 1 is 1.50 bits per heavy atom. The van der Waals surface area contributed by atoms with Crippen molar-refractivity contribution in [1.29, 1.82) is 0 Å². The second kappa shape index (κ2) is 5.16. The Labute approximate surface area is 49.3 Å². The first kappa shape index (κ1) is 8.02. The summed E-state index contributed by atoms with van der Waals surface area (Å²) in [6.07, 6.45) is 2.15.